The minimum Gasteiger partial charge on any atom is -0.320 e. The zero-order valence-corrected chi connectivity index (χ0v) is 12.4. The van der Waals surface area contributed by atoms with Crippen LogP contribution in [0.5, 0.6) is 0 Å². The highest BCUT2D eigenvalue weighted by Crippen LogP contribution is 2.03. The number of imide groups is 1. The van der Waals surface area contributed by atoms with Crippen molar-refractivity contribution in [1.82, 2.24) is 5.32 Å². The maximum atomic E-state index is 11.9. The van der Waals surface area contributed by atoms with E-state index in [1.54, 1.807) is 0 Å². The lowest BCUT2D eigenvalue weighted by Gasteiger charge is -2.11. The molecule has 0 heterocycles. The normalized spacial score (nSPS) is 11.7. The molecular formula is C18H20N2O2. The molecule has 4 nitrogen and oxygen atoms in total. The van der Waals surface area contributed by atoms with Crippen molar-refractivity contribution >= 4 is 11.8 Å². The van der Waals surface area contributed by atoms with Crippen LogP contribution in [0.4, 0.5) is 0 Å². The third-order valence-electron chi connectivity index (χ3n) is 3.38. The summed E-state index contributed by atoms with van der Waals surface area (Å²) in [4.78, 5) is 23.7. The first-order valence-electron chi connectivity index (χ1n) is 7.32. The van der Waals surface area contributed by atoms with Crippen molar-refractivity contribution in [3.63, 3.8) is 0 Å². The molecule has 0 radical (unpaired) electrons. The Morgan fingerprint density at radius 1 is 0.909 bits per heavy atom. The highest BCUT2D eigenvalue weighted by molar-refractivity contribution is 5.97. The second kappa shape index (κ2) is 8.10. The van der Waals surface area contributed by atoms with Crippen molar-refractivity contribution < 1.29 is 9.59 Å². The summed E-state index contributed by atoms with van der Waals surface area (Å²) in [6, 6.07) is 18.5. The fourth-order valence-electron chi connectivity index (χ4n) is 2.16. The Kier molecular flexibility index (Phi) is 5.86. The summed E-state index contributed by atoms with van der Waals surface area (Å²) in [5.41, 5.74) is 7.88. The van der Waals surface area contributed by atoms with Crippen LogP contribution in [0.1, 0.15) is 17.5 Å². The summed E-state index contributed by atoms with van der Waals surface area (Å²) >= 11 is 0. The van der Waals surface area contributed by atoms with E-state index in [4.69, 9.17) is 5.73 Å². The van der Waals surface area contributed by atoms with Gasteiger partial charge in [0, 0.05) is 6.42 Å². The van der Waals surface area contributed by atoms with Gasteiger partial charge in [0.15, 0.2) is 0 Å². The highest BCUT2D eigenvalue weighted by atomic mass is 16.2. The van der Waals surface area contributed by atoms with Crippen LogP contribution in [0.25, 0.3) is 0 Å². The number of benzene rings is 2. The van der Waals surface area contributed by atoms with Gasteiger partial charge in [-0.05, 0) is 24.0 Å². The molecule has 4 heteroatoms. The molecule has 0 saturated carbocycles. The molecule has 0 aliphatic heterocycles. The Bertz CT molecular complexity index is 611. The van der Waals surface area contributed by atoms with E-state index in [0.29, 0.717) is 12.8 Å². The van der Waals surface area contributed by atoms with E-state index in [2.05, 4.69) is 5.32 Å². The predicted octanol–water partition coefficient (Wildman–Crippen LogP) is 1.83. The van der Waals surface area contributed by atoms with Gasteiger partial charge in [0.1, 0.15) is 0 Å². The number of hydrogen-bond donors (Lipinski definition) is 2. The molecule has 0 spiro atoms. The van der Waals surface area contributed by atoms with Crippen LogP contribution >= 0.6 is 0 Å². The molecule has 114 valence electrons. The van der Waals surface area contributed by atoms with E-state index in [1.807, 2.05) is 60.7 Å². The van der Waals surface area contributed by atoms with Crippen LogP contribution in [0.3, 0.4) is 0 Å². The van der Waals surface area contributed by atoms with Gasteiger partial charge in [0.05, 0.1) is 6.04 Å². The largest absolute Gasteiger partial charge is 0.320 e. The molecular weight excluding hydrogens is 276 g/mol. The summed E-state index contributed by atoms with van der Waals surface area (Å²) in [6.07, 6.45) is 1.29. The van der Waals surface area contributed by atoms with Gasteiger partial charge in [-0.15, -0.1) is 0 Å². The summed E-state index contributed by atoms with van der Waals surface area (Å²) in [7, 11) is 0. The topological polar surface area (TPSA) is 72.2 Å². The van der Waals surface area contributed by atoms with Crippen LogP contribution < -0.4 is 11.1 Å². The SMILES string of the molecule is NC(Cc1ccccc1)C(=O)NC(=O)CCc1ccccc1. The van der Waals surface area contributed by atoms with Gasteiger partial charge in [-0.1, -0.05) is 60.7 Å². The minimum atomic E-state index is -0.719. The van der Waals surface area contributed by atoms with Gasteiger partial charge >= 0.3 is 0 Å². The van der Waals surface area contributed by atoms with E-state index in [9.17, 15) is 9.59 Å². The minimum absolute atomic E-state index is 0.272. The number of aryl methyl sites for hydroxylation is 1. The van der Waals surface area contributed by atoms with Crippen LogP contribution in [0.15, 0.2) is 60.7 Å². The molecule has 0 aromatic heterocycles. The number of carbonyl (C=O) groups is 2. The summed E-state index contributed by atoms with van der Waals surface area (Å²) < 4.78 is 0. The van der Waals surface area contributed by atoms with Gasteiger partial charge in [-0.3, -0.25) is 14.9 Å². The van der Waals surface area contributed by atoms with E-state index < -0.39 is 11.9 Å². The third kappa shape index (κ3) is 5.14. The van der Waals surface area contributed by atoms with Gasteiger partial charge < -0.3 is 5.73 Å². The van der Waals surface area contributed by atoms with Gasteiger partial charge in [0.2, 0.25) is 11.8 Å². The molecule has 2 aromatic rings. The number of rotatable bonds is 6. The maximum Gasteiger partial charge on any atom is 0.243 e. The summed E-state index contributed by atoms with van der Waals surface area (Å²) in [6.45, 7) is 0. The van der Waals surface area contributed by atoms with Gasteiger partial charge in [0.25, 0.3) is 0 Å². The number of amides is 2. The van der Waals surface area contributed by atoms with E-state index in [1.165, 1.54) is 0 Å². The monoisotopic (exact) mass is 296 g/mol. The lowest BCUT2D eigenvalue weighted by molar-refractivity contribution is -0.131. The quantitative estimate of drug-likeness (QED) is 0.854. The van der Waals surface area contributed by atoms with Crippen LogP contribution in [0.2, 0.25) is 0 Å². The van der Waals surface area contributed by atoms with E-state index in [-0.39, 0.29) is 12.3 Å². The summed E-state index contributed by atoms with van der Waals surface area (Å²) in [5.74, 6) is -0.723. The Morgan fingerprint density at radius 3 is 2.05 bits per heavy atom. The predicted molar refractivity (Wildman–Crippen MR) is 86.0 cm³/mol. The molecule has 3 N–H and O–H groups in total. The number of nitrogens with one attached hydrogen (secondary N) is 1. The summed E-state index contributed by atoms with van der Waals surface area (Å²) in [5, 5.41) is 2.37. The number of nitrogens with two attached hydrogens (primary N) is 1. The number of carbonyl (C=O) groups excluding carboxylic acids is 2. The van der Waals surface area contributed by atoms with Crippen LogP contribution in [-0.2, 0) is 22.4 Å². The maximum absolute atomic E-state index is 11.9. The molecule has 1 unspecified atom stereocenters. The highest BCUT2D eigenvalue weighted by Gasteiger charge is 2.16. The molecule has 0 saturated heterocycles. The second-order valence-electron chi connectivity index (χ2n) is 5.19. The van der Waals surface area contributed by atoms with E-state index in [0.717, 1.165) is 11.1 Å². The van der Waals surface area contributed by atoms with Gasteiger partial charge in [-0.2, -0.15) is 0 Å². The first kappa shape index (κ1) is 15.9. The zero-order chi connectivity index (χ0) is 15.8. The Hall–Kier alpha value is -2.46. The van der Waals surface area contributed by atoms with Crippen molar-refractivity contribution in [3.8, 4) is 0 Å². The fourth-order valence-corrected chi connectivity index (χ4v) is 2.16. The van der Waals surface area contributed by atoms with Gasteiger partial charge in [-0.25, -0.2) is 0 Å². The van der Waals surface area contributed by atoms with Crippen molar-refractivity contribution in [2.75, 3.05) is 0 Å². The molecule has 0 aliphatic rings. The lowest BCUT2D eigenvalue weighted by Crippen LogP contribution is -2.44. The number of hydrogen-bond acceptors (Lipinski definition) is 3. The van der Waals surface area contributed by atoms with Crippen molar-refractivity contribution in [2.24, 2.45) is 5.73 Å². The molecule has 2 amide bonds. The molecule has 1 atom stereocenters. The first-order valence-corrected chi connectivity index (χ1v) is 7.32. The zero-order valence-electron chi connectivity index (χ0n) is 12.4. The molecule has 0 aliphatic carbocycles. The van der Waals surface area contributed by atoms with Crippen LogP contribution in [0, 0.1) is 0 Å². The van der Waals surface area contributed by atoms with Crippen molar-refractivity contribution in [1.29, 1.82) is 0 Å². The molecule has 22 heavy (non-hydrogen) atoms. The Balaban J connectivity index is 1.77. The molecule has 2 rings (SSSR count). The van der Waals surface area contributed by atoms with E-state index >= 15 is 0 Å². The molecule has 0 fully saturated rings. The third-order valence-corrected chi connectivity index (χ3v) is 3.38. The lowest BCUT2D eigenvalue weighted by atomic mass is 10.1. The Morgan fingerprint density at radius 2 is 1.45 bits per heavy atom. The molecule has 0 bridgehead atoms. The smallest absolute Gasteiger partial charge is 0.243 e. The average Bonchev–Trinajstić information content (AvgIpc) is 2.55. The first-order chi connectivity index (χ1) is 10.6. The Labute approximate surface area is 130 Å². The van der Waals surface area contributed by atoms with Crippen molar-refractivity contribution in [2.45, 2.75) is 25.3 Å². The average molecular weight is 296 g/mol. The fraction of sp³-hybridized carbons (Fsp3) is 0.222. The molecule has 2 aromatic carbocycles. The standard InChI is InChI=1S/C18H20N2O2/c19-16(13-15-9-5-2-6-10-15)18(22)20-17(21)12-11-14-7-3-1-4-8-14/h1-10,16H,11-13,19H2,(H,20,21,22). The second-order valence-corrected chi connectivity index (χ2v) is 5.19. The van der Waals surface area contributed by atoms with Crippen molar-refractivity contribution in [3.05, 3.63) is 71.8 Å². The van der Waals surface area contributed by atoms with Crippen LogP contribution in [-0.4, -0.2) is 17.9 Å².